The number of amidine groups is 1. The molecule has 0 radical (unpaired) electrons. The molecule has 0 aliphatic carbocycles. The van der Waals surface area contributed by atoms with Gasteiger partial charge >= 0.3 is 0 Å². The van der Waals surface area contributed by atoms with Crippen molar-refractivity contribution in [3.63, 3.8) is 0 Å². The van der Waals surface area contributed by atoms with E-state index in [1.54, 1.807) is 0 Å². The van der Waals surface area contributed by atoms with Crippen molar-refractivity contribution in [3.05, 3.63) is 0 Å². The van der Waals surface area contributed by atoms with Gasteiger partial charge in [0, 0.05) is 25.9 Å². The van der Waals surface area contributed by atoms with Crippen molar-refractivity contribution in [1.29, 1.82) is 0 Å². The van der Waals surface area contributed by atoms with E-state index in [0.29, 0.717) is 25.3 Å². The highest BCUT2D eigenvalue weighted by Crippen LogP contribution is 1.88. The second kappa shape index (κ2) is 7.58. The van der Waals surface area contributed by atoms with E-state index in [1.165, 1.54) is 0 Å². The van der Waals surface area contributed by atoms with Crippen LogP contribution in [0.3, 0.4) is 0 Å². The molecule has 0 unspecified atom stereocenters. The van der Waals surface area contributed by atoms with Crippen molar-refractivity contribution in [2.24, 2.45) is 10.7 Å². The van der Waals surface area contributed by atoms with Crippen LogP contribution in [-0.2, 0) is 4.79 Å². The maximum Gasteiger partial charge on any atom is 0.221 e. The van der Waals surface area contributed by atoms with Gasteiger partial charge < -0.3 is 11.1 Å². The third-order valence-electron chi connectivity index (χ3n) is 1.53. The zero-order chi connectivity index (χ0) is 10.1. The molecule has 0 rings (SSSR count). The largest absolute Gasteiger partial charge is 0.387 e. The first kappa shape index (κ1) is 11.9. The minimum atomic E-state index is 0.0375. The maximum atomic E-state index is 11.0. The Bertz CT molecular complexity index is 178. The zero-order valence-corrected chi connectivity index (χ0v) is 8.47. The molecule has 0 bridgehead atoms. The Balaban J connectivity index is 3.53. The molecule has 0 aliphatic rings. The molecule has 0 heterocycles. The maximum absolute atomic E-state index is 11.0. The standard InChI is InChI=1S/C9H19N3O/c1-3-5-8(10)12-7-6-9(13)11-4-2/h3-7H2,1-2H3,(H2,10,12)(H,11,13). The van der Waals surface area contributed by atoms with Gasteiger partial charge in [0.2, 0.25) is 5.91 Å². The van der Waals surface area contributed by atoms with Gasteiger partial charge in [-0.25, -0.2) is 0 Å². The van der Waals surface area contributed by atoms with Crippen LogP contribution < -0.4 is 11.1 Å². The molecule has 4 heteroatoms. The molecule has 0 saturated heterocycles. The van der Waals surface area contributed by atoms with E-state index >= 15 is 0 Å². The fourth-order valence-corrected chi connectivity index (χ4v) is 0.922. The van der Waals surface area contributed by atoms with E-state index in [9.17, 15) is 4.79 Å². The summed E-state index contributed by atoms with van der Waals surface area (Å²) in [5.41, 5.74) is 5.56. The summed E-state index contributed by atoms with van der Waals surface area (Å²) in [5, 5.41) is 2.70. The quantitative estimate of drug-likeness (QED) is 0.472. The lowest BCUT2D eigenvalue weighted by molar-refractivity contribution is -0.120. The Morgan fingerprint density at radius 3 is 2.62 bits per heavy atom. The van der Waals surface area contributed by atoms with Gasteiger partial charge in [0.05, 0.1) is 5.84 Å². The minimum absolute atomic E-state index is 0.0375. The van der Waals surface area contributed by atoms with Crippen LogP contribution in [-0.4, -0.2) is 24.8 Å². The van der Waals surface area contributed by atoms with Crippen LogP contribution in [0.25, 0.3) is 0 Å². The number of hydrogen-bond donors (Lipinski definition) is 2. The third-order valence-corrected chi connectivity index (χ3v) is 1.53. The number of hydrogen-bond acceptors (Lipinski definition) is 2. The van der Waals surface area contributed by atoms with Crippen LogP contribution in [0, 0.1) is 0 Å². The topological polar surface area (TPSA) is 67.5 Å². The van der Waals surface area contributed by atoms with Crippen molar-refractivity contribution in [1.82, 2.24) is 5.32 Å². The van der Waals surface area contributed by atoms with Gasteiger partial charge in [0.1, 0.15) is 0 Å². The molecule has 0 aromatic heterocycles. The second-order valence-corrected chi connectivity index (χ2v) is 2.83. The monoisotopic (exact) mass is 185 g/mol. The molecule has 0 fully saturated rings. The average molecular weight is 185 g/mol. The SMILES string of the molecule is CCCC(N)=NCCC(=O)NCC. The first-order valence-electron chi connectivity index (χ1n) is 4.76. The van der Waals surface area contributed by atoms with Gasteiger partial charge in [-0.1, -0.05) is 6.92 Å². The van der Waals surface area contributed by atoms with E-state index in [0.717, 1.165) is 12.8 Å². The van der Waals surface area contributed by atoms with Crippen LogP contribution in [0.1, 0.15) is 33.1 Å². The lowest BCUT2D eigenvalue weighted by atomic mass is 10.3. The number of nitrogens with one attached hydrogen (secondary N) is 1. The normalized spacial score (nSPS) is 11.4. The summed E-state index contributed by atoms with van der Waals surface area (Å²) in [6, 6.07) is 0. The first-order valence-corrected chi connectivity index (χ1v) is 4.76. The lowest BCUT2D eigenvalue weighted by Gasteiger charge is -2.00. The van der Waals surface area contributed by atoms with Crippen LogP contribution in [0.15, 0.2) is 4.99 Å². The molecule has 0 spiro atoms. The predicted octanol–water partition coefficient (Wildman–Crippen LogP) is 0.670. The molecular weight excluding hydrogens is 166 g/mol. The third kappa shape index (κ3) is 7.31. The lowest BCUT2D eigenvalue weighted by Crippen LogP contribution is -2.23. The molecule has 1 amide bonds. The molecule has 0 aromatic carbocycles. The number of aliphatic imine (C=N–C) groups is 1. The molecule has 3 N–H and O–H groups in total. The van der Waals surface area contributed by atoms with E-state index in [-0.39, 0.29) is 5.91 Å². The summed E-state index contributed by atoms with van der Waals surface area (Å²) in [5.74, 6) is 0.683. The smallest absolute Gasteiger partial charge is 0.221 e. The number of nitrogens with two attached hydrogens (primary N) is 1. The van der Waals surface area contributed by atoms with Crippen LogP contribution in [0.5, 0.6) is 0 Å². The highest BCUT2D eigenvalue weighted by Gasteiger charge is 1.97. The summed E-state index contributed by atoms with van der Waals surface area (Å²) in [6.45, 7) is 5.11. The van der Waals surface area contributed by atoms with E-state index in [2.05, 4.69) is 10.3 Å². The highest BCUT2D eigenvalue weighted by atomic mass is 16.1. The Kier molecular flexibility index (Phi) is 6.96. The van der Waals surface area contributed by atoms with Crippen molar-refractivity contribution in [3.8, 4) is 0 Å². The Morgan fingerprint density at radius 1 is 1.38 bits per heavy atom. The number of rotatable bonds is 6. The molecule has 0 atom stereocenters. The summed E-state index contributed by atoms with van der Waals surface area (Å²) in [6.07, 6.45) is 2.24. The van der Waals surface area contributed by atoms with Crippen LogP contribution >= 0.6 is 0 Å². The molecule has 13 heavy (non-hydrogen) atoms. The highest BCUT2D eigenvalue weighted by molar-refractivity contribution is 5.81. The fraction of sp³-hybridized carbons (Fsp3) is 0.778. The molecule has 76 valence electrons. The predicted molar refractivity (Wildman–Crippen MR) is 54.7 cm³/mol. The van der Waals surface area contributed by atoms with Gasteiger partial charge in [0.15, 0.2) is 0 Å². The zero-order valence-electron chi connectivity index (χ0n) is 8.47. The van der Waals surface area contributed by atoms with Gasteiger partial charge in [-0.05, 0) is 13.3 Å². The van der Waals surface area contributed by atoms with Crippen molar-refractivity contribution < 1.29 is 4.79 Å². The molecule has 0 saturated carbocycles. The van der Waals surface area contributed by atoms with Gasteiger partial charge in [-0.15, -0.1) is 0 Å². The molecule has 0 aliphatic heterocycles. The van der Waals surface area contributed by atoms with E-state index in [1.807, 2.05) is 13.8 Å². The Morgan fingerprint density at radius 2 is 2.08 bits per heavy atom. The van der Waals surface area contributed by atoms with Gasteiger partial charge in [-0.3, -0.25) is 9.79 Å². The van der Waals surface area contributed by atoms with E-state index in [4.69, 9.17) is 5.73 Å². The number of carbonyl (C=O) groups excluding carboxylic acids is 1. The van der Waals surface area contributed by atoms with Crippen molar-refractivity contribution in [2.75, 3.05) is 13.1 Å². The number of nitrogens with zero attached hydrogens (tertiary/aromatic N) is 1. The van der Waals surface area contributed by atoms with Crippen molar-refractivity contribution >= 4 is 11.7 Å². The molecular formula is C9H19N3O. The second-order valence-electron chi connectivity index (χ2n) is 2.83. The van der Waals surface area contributed by atoms with E-state index < -0.39 is 0 Å². The van der Waals surface area contributed by atoms with Crippen LogP contribution in [0.4, 0.5) is 0 Å². The Labute approximate surface area is 79.6 Å². The summed E-state index contributed by atoms with van der Waals surface area (Å²) in [7, 11) is 0. The van der Waals surface area contributed by atoms with Gasteiger partial charge in [0.25, 0.3) is 0 Å². The van der Waals surface area contributed by atoms with Crippen LogP contribution in [0.2, 0.25) is 0 Å². The summed E-state index contributed by atoms with van der Waals surface area (Å²) < 4.78 is 0. The molecule has 0 aromatic rings. The fourth-order valence-electron chi connectivity index (χ4n) is 0.922. The minimum Gasteiger partial charge on any atom is -0.387 e. The average Bonchev–Trinajstić information content (AvgIpc) is 2.05. The first-order chi connectivity index (χ1) is 6.20. The summed E-state index contributed by atoms with van der Waals surface area (Å²) >= 11 is 0. The Hall–Kier alpha value is -1.06. The van der Waals surface area contributed by atoms with Crippen molar-refractivity contribution in [2.45, 2.75) is 33.1 Å². The number of carbonyl (C=O) groups is 1. The molecule has 4 nitrogen and oxygen atoms in total. The van der Waals surface area contributed by atoms with Gasteiger partial charge in [-0.2, -0.15) is 0 Å². The summed E-state index contributed by atoms with van der Waals surface area (Å²) in [4.78, 5) is 15.0. The number of amides is 1.